The Labute approximate surface area is 199 Å². The molecule has 2 aromatic rings. The normalized spacial score (nSPS) is 12.0. The Bertz CT molecular complexity index is 841. The van der Waals surface area contributed by atoms with Crippen molar-refractivity contribution in [1.29, 1.82) is 0 Å². The number of hydrogen-bond acceptors (Lipinski definition) is 6. The Kier molecular flexibility index (Phi) is 11.7. The van der Waals surface area contributed by atoms with E-state index in [0.29, 0.717) is 36.3 Å². The van der Waals surface area contributed by atoms with Gasteiger partial charge >= 0.3 is 5.97 Å². The highest BCUT2D eigenvalue weighted by Crippen LogP contribution is 2.24. The van der Waals surface area contributed by atoms with Crippen LogP contribution >= 0.6 is 35.3 Å². The van der Waals surface area contributed by atoms with Crippen LogP contribution in [-0.2, 0) is 11.3 Å². The molecule has 2 N–H and O–H groups in total. The number of ether oxygens (including phenoxy) is 2. The summed E-state index contributed by atoms with van der Waals surface area (Å²) < 4.78 is 10.6. The lowest BCUT2D eigenvalue weighted by Gasteiger charge is -2.16. The van der Waals surface area contributed by atoms with Crippen molar-refractivity contribution in [2.75, 3.05) is 19.8 Å². The van der Waals surface area contributed by atoms with Gasteiger partial charge in [0.2, 0.25) is 0 Å². The van der Waals surface area contributed by atoms with Crippen molar-refractivity contribution < 1.29 is 14.3 Å². The molecule has 0 amide bonds. The zero-order chi connectivity index (χ0) is 21.2. The van der Waals surface area contributed by atoms with Gasteiger partial charge in [0, 0.05) is 6.54 Å². The first-order valence-electron chi connectivity index (χ1n) is 9.89. The first-order chi connectivity index (χ1) is 14.0. The van der Waals surface area contributed by atoms with E-state index in [4.69, 9.17) is 9.47 Å². The molecule has 0 aliphatic rings. The summed E-state index contributed by atoms with van der Waals surface area (Å²) in [6, 6.07) is 7.82. The molecule has 30 heavy (non-hydrogen) atoms. The third-order valence-electron chi connectivity index (χ3n) is 3.97. The van der Waals surface area contributed by atoms with Gasteiger partial charge in [0.05, 0.1) is 31.5 Å². The van der Waals surface area contributed by atoms with Gasteiger partial charge in [-0.05, 0) is 52.3 Å². The zero-order valence-corrected chi connectivity index (χ0v) is 21.3. The van der Waals surface area contributed by atoms with Gasteiger partial charge in [-0.25, -0.2) is 14.8 Å². The van der Waals surface area contributed by atoms with Crippen molar-refractivity contribution >= 4 is 47.2 Å². The maximum atomic E-state index is 12.0. The second-order valence-corrected chi connectivity index (χ2v) is 7.36. The second-order valence-electron chi connectivity index (χ2n) is 6.33. The van der Waals surface area contributed by atoms with Gasteiger partial charge in [-0.2, -0.15) is 0 Å². The van der Waals surface area contributed by atoms with Crippen LogP contribution in [0.2, 0.25) is 0 Å². The van der Waals surface area contributed by atoms with Crippen LogP contribution in [0.3, 0.4) is 0 Å². The summed E-state index contributed by atoms with van der Waals surface area (Å²) in [5.74, 6) is 1.21. The third-order valence-corrected chi connectivity index (χ3v) is 5.29. The van der Waals surface area contributed by atoms with Crippen molar-refractivity contribution in [2.24, 2.45) is 4.99 Å². The van der Waals surface area contributed by atoms with E-state index < -0.39 is 0 Å². The number of carbonyl (C=O) groups excluding carboxylic acids is 1. The molecule has 1 atom stereocenters. The summed E-state index contributed by atoms with van der Waals surface area (Å²) in [4.78, 5) is 21.8. The Hall–Kier alpha value is -1.88. The van der Waals surface area contributed by atoms with Crippen molar-refractivity contribution in [3.05, 3.63) is 45.4 Å². The number of aromatic nitrogens is 1. The summed E-state index contributed by atoms with van der Waals surface area (Å²) in [5, 5.41) is 7.42. The minimum absolute atomic E-state index is 0. The number of hydrogen-bond donors (Lipinski definition) is 2. The molecular weight excluding hydrogens is 515 g/mol. The first kappa shape index (κ1) is 26.2. The molecule has 1 aromatic heterocycles. The molecular formula is C21H31IN4O3S. The molecule has 0 spiro atoms. The second kappa shape index (κ2) is 13.4. The van der Waals surface area contributed by atoms with E-state index in [1.807, 2.05) is 52.0 Å². The summed E-state index contributed by atoms with van der Waals surface area (Å²) in [6.07, 6.45) is 0. The number of thiazole rings is 1. The summed E-state index contributed by atoms with van der Waals surface area (Å²) >= 11 is 1.35. The van der Waals surface area contributed by atoms with Gasteiger partial charge < -0.3 is 20.1 Å². The Morgan fingerprint density at radius 3 is 2.70 bits per heavy atom. The van der Waals surface area contributed by atoms with Gasteiger partial charge in [0.1, 0.15) is 15.6 Å². The smallest absolute Gasteiger partial charge is 0.350 e. The van der Waals surface area contributed by atoms with Crippen molar-refractivity contribution in [1.82, 2.24) is 15.6 Å². The predicted molar refractivity (Wildman–Crippen MR) is 132 cm³/mol. The molecule has 0 saturated heterocycles. The Morgan fingerprint density at radius 1 is 1.27 bits per heavy atom. The number of aliphatic imine (C=N–C) groups is 1. The lowest BCUT2D eigenvalue weighted by molar-refractivity contribution is 0.0531. The van der Waals surface area contributed by atoms with E-state index in [9.17, 15) is 4.79 Å². The van der Waals surface area contributed by atoms with E-state index in [1.54, 1.807) is 6.92 Å². The molecule has 166 valence electrons. The van der Waals surface area contributed by atoms with Crippen LogP contribution in [-0.4, -0.2) is 36.7 Å². The van der Waals surface area contributed by atoms with Crippen LogP contribution in [0.15, 0.2) is 29.3 Å². The van der Waals surface area contributed by atoms with E-state index >= 15 is 0 Å². The number of nitrogens with zero attached hydrogens (tertiary/aromatic N) is 2. The lowest BCUT2D eigenvalue weighted by atomic mass is 10.2. The van der Waals surface area contributed by atoms with Gasteiger partial charge in [0.25, 0.3) is 0 Å². The fourth-order valence-electron chi connectivity index (χ4n) is 2.65. The molecule has 2 rings (SSSR count). The number of rotatable bonds is 9. The molecule has 9 heteroatoms. The topological polar surface area (TPSA) is 84.8 Å². The monoisotopic (exact) mass is 546 g/mol. The van der Waals surface area contributed by atoms with Gasteiger partial charge in [0.15, 0.2) is 5.96 Å². The van der Waals surface area contributed by atoms with E-state index in [1.165, 1.54) is 11.3 Å². The molecule has 1 aromatic carbocycles. The molecule has 0 radical (unpaired) electrons. The number of guanidine groups is 1. The van der Waals surface area contributed by atoms with Gasteiger partial charge in [-0.15, -0.1) is 35.3 Å². The molecule has 0 aliphatic heterocycles. The number of nitrogens with one attached hydrogen (secondary N) is 2. The van der Waals surface area contributed by atoms with E-state index in [0.717, 1.165) is 22.9 Å². The number of benzene rings is 1. The molecule has 0 bridgehead atoms. The average molecular weight is 546 g/mol. The summed E-state index contributed by atoms with van der Waals surface area (Å²) in [6.45, 7) is 11.8. The van der Waals surface area contributed by atoms with Crippen LogP contribution in [0.1, 0.15) is 59.7 Å². The van der Waals surface area contributed by atoms with Crippen LogP contribution in [0.25, 0.3) is 0 Å². The highest BCUT2D eigenvalue weighted by atomic mass is 127. The highest BCUT2D eigenvalue weighted by molar-refractivity contribution is 14.0. The maximum Gasteiger partial charge on any atom is 0.350 e. The fraction of sp³-hybridized carbons (Fsp3) is 0.476. The standard InChI is InChI=1S/C21H30N4O3S.HI/c1-6-22-21(23-13-16-10-9-11-17(12-16)27-7-2)25-15(5)19-24-14(4)18(29-19)20(26)28-8-3;/h9-12,15H,6-8,13H2,1-5H3,(H2,22,23,25);1H. The third kappa shape index (κ3) is 7.75. The predicted octanol–water partition coefficient (Wildman–Crippen LogP) is 4.46. The van der Waals surface area contributed by atoms with Crippen LogP contribution in [0, 0.1) is 6.92 Å². The van der Waals surface area contributed by atoms with E-state index in [-0.39, 0.29) is 36.0 Å². The van der Waals surface area contributed by atoms with Crippen molar-refractivity contribution in [3.63, 3.8) is 0 Å². The van der Waals surface area contributed by atoms with Crippen LogP contribution in [0.5, 0.6) is 5.75 Å². The average Bonchev–Trinajstić information content (AvgIpc) is 3.09. The molecule has 7 nitrogen and oxygen atoms in total. The number of esters is 1. The fourth-order valence-corrected chi connectivity index (χ4v) is 3.61. The molecule has 0 aliphatic carbocycles. The number of halogens is 1. The summed E-state index contributed by atoms with van der Waals surface area (Å²) in [5.41, 5.74) is 1.75. The SMILES string of the molecule is CCNC(=NCc1cccc(OCC)c1)NC(C)c1nc(C)c(C(=O)OCC)s1.I. The summed E-state index contributed by atoms with van der Waals surface area (Å²) in [7, 11) is 0. The van der Waals surface area contributed by atoms with Gasteiger partial charge in [-0.3, -0.25) is 0 Å². The van der Waals surface area contributed by atoms with Crippen LogP contribution in [0.4, 0.5) is 0 Å². The molecule has 0 saturated carbocycles. The van der Waals surface area contributed by atoms with Crippen molar-refractivity contribution in [3.8, 4) is 5.75 Å². The number of carbonyl (C=O) groups is 1. The largest absolute Gasteiger partial charge is 0.494 e. The highest BCUT2D eigenvalue weighted by Gasteiger charge is 2.20. The maximum absolute atomic E-state index is 12.0. The van der Waals surface area contributed by atoms with E-state index in [2.05, 4.69) is 20.6 Å². The van der Waals surface area contributed by atoms with Crippen LogP contribution < -0.4 is 15.4 Å². The quantitative estimate of drug-likeness (QED) is 0.209. The molecule has 1 heterocycles. The number of aryl methyl sites for hydroxylation is 1. The first-order valence-corrected chi connectivity index (χ1v) is 10.7. The minimum atomic E-state index is -0.323. The minimum Gasteiger partial charge on any atom is -0.494 e. The Morgan fingerprint density at radius 2 is 2.03 bits per heavy atom. The van der Waals surface area contributed by atoms with Gasteiger partial charge in [-0.1, -0.05) is 12.1 Å². The zero-order valence-electron chi connectivity index (χ0n) is 18.2. The Balaban J connectivity index is 0.00000450. The molecule has 1 unspecified atom stereocenters. The molecule has 0 fully saturated rings. The lowest BCUT2D eigenvalue weighted by Crippen LogP contribution is -2.38. The van der Waals surface area contributed by atoms with Crippen molar-refractivity contribution in [2.45, 2.75) is 47.2 Å².